The first-order valence-electron chi connectivity index (χ1n) is 16.8. The molecule has 5 rings (SSSR count). The van der Waals surface area contributed by atoms with Crippen molar-refractivity contribution in [2.24, 2.45) is 0 Å². The number of esters is 1. The minimum absolute atomic E-state index is 0.0588. The average molecular weight is 689 g/mol. The van der Waals surface area contributed by atoms with Crippen molar-refractivity contribution < 1.29 is 23.9 Å². The second kappa shape index (κ2) is 16.0. The standard InChI is InChI=1S/C42H45N2O5P/c1-30(44-41(47)49-42(3,4)5)39(45)43-31(2)40(46)48-29-32-21-23-33(24-22-32)34-25-27-38(28-26-34)50(35-15-9-6-10-16-35,36-17-11-7-12-18-36)37-19-13-8-14-20-37/h6-28,30-31,50H,29H2,1-5H3,(H,43,45)(H,44,47). The van der Waals surface area contributed by atoms with Crippen LogP contribution in [-0.4, -0.2) is 35.7 Å². The summed E-state index contributed by atoms with van der Waals surface area (Å²) in [6, 6.07) is 47.5. The molecule has 0 saturated carbocycles. The molecule has 0 aliphatic carbocycles. The SMILES string of the molecule is CC(NC(=O)OC(C)(C)C)C(=O)NC(C)C(=O)OCc1ccc(-c2ccc([PH](c3ccccc3)(c3ccccc3)c3ccccc3)cc2)cc1. The van der Waals surface area contributed by atoms with Crippen molar-refractivity contribution in [2.75, 3.05) is 0 Å². The monoisotopic (exact) mass is 688 g/mol. The summed E-state index contributed by atoms with van der Waals surface area (Å²) in [6.07, 6.45) is -0.712. The zero-order valence-electron chi connectivity index (χ0n) is 29.2. The summed E-state index contributed by atoms with van der Waals surface area (Å²) in [7, 11) is -2.60. The molecule has 0 radical (unpaired) electrons. The minimum atomic E-state index is -2.60. The van der Waals surface area contributed by atoms with E-state index in [1.165, 1.54) is 35.1 Å². The van der Waals surface area contributed by atoms with E-state index in [-0.39, 0.29) is 6.61 Å². The zero-order valence-corrected chi connectivity index (χ0v) is 30.2. The number of benzene rings is 5. The van der Waals surface area contributed by atoms with Crippen molar-refractivity contribution in [1.82, 2.24) is 10.6 Å². The molecule has 0 aliphatic heterocycles. The number of amides is 2. The summed E-state index contributed by atoms with van der Waals surface area (Å²) in [4.78, 5) is 37.1. The molecule has 2 atom stereocenters. The van der Waals surface area contributed by atoms with Crippen LogP contribution in [0.25, 0.3) is 11.1 Å². The van der Waals surface area contributed by atoms with Gasteiger partial charge in [0, 0.05) is 0 Å². The molecule has 2 amide bonds. The van der Waals surface area contributed by atoms with Crippen molar-refractivity contribution in [3.63, 3.8) is 0 Å². The van der Waals surface area contributed by atoms with Gasteiger partial charge in [-0.15, -0.1) is 0 Å². The van der Waals surface area contributed by atoms with Gasteiger partial charge >= 0.3 is 219 Å². The number of hydrogen-bond donors (Lipinski definition) is 2. The topological polar surface area (TPSA) is 93.7 Å². The van der Waals surface area contributed by atoms with Crippen LogP contribution < -0.4 is 31.9 Å². The fraction of sp³-hybridized carbons (Fsp3) is 0.214. The summed E-state index contributed by atoms with van der Waals surface area (Å²) in [5.74, 6) is -1.10. The van der Waals surface area contributed by atoms with Gasteiger partial charge in [0.15, 0.2) is 0 Å². The van der Waals surface area contributed by atoms with E-state index in [9.17, 15) is 14.4 Å². The molecule has 50 heavy (non-hydrogen) atoms. The van der Waals surface area contributed by atoms with Gasteiger partial charge < -0.3 is 15.4 Å². The Bertz CT molecular complexity index is 1780. The third-order valence-electron chi connectivity index (χ3n) is 8.45. The predicted molar refractivity (Wildman–Crippen MR) is 204 cm³/mol. The van der Waals surface area contributed by atoms with Crippen LogP contribution in [0.5, 0.6) is 0 Å². The Morgan fingerprint density at radius 2 is 1.00 bits per heavy atom. The van der Waals surface area contributed by atoms with Gasteiger partial charge in [-0.1, -0.05) is 0 Å². The van der Waals surface area contributed by atoms with Crippen LogP contribution in [0.15, 0.2) is 140 Å². The third kappa shape index (κ3) is 8.66. The van der Waals surface area contributed by atoms with E-state index in [1.54, 1.807) is 20.8 Å². The van der Waals surface area contributed by atoms with Gasteiger partial charge in [0.1, 0.15) is 11.6 Å². The van der Waals surface area contributed by atoms with Crippen molar-refractivity contribution >= 4 is 46.5 Å². The van der Waals surface area contributed by atoms with Gasteiger partial charge in [0.2, 0.25) is 5.91 Å². The summed E-state index contributed by atoms with van der Waals surface area (Å²) < 4.78 is 10.7. The first kappa shape index (κ1) is 36.0. The summed E-state index contributed by atoms with van der Waals surface area (Å²) in [5.41, 5.74) is 2.26. The van der Waals surface area contributed by atoms with Crippen LogP contribution in [0.3, 0.4) is 0 Å². The molecule has 2 unspecified atom stereocenters. The molecule has 0 spiro atoms. The fourth-order valence-electron chi connectivity index (χ4n) is 6.00. The first-order chi connectivity index (χ1) is 24.0. The molecule has 0 heterocycles. The van der Waals surface area contributed by atoms with E-state index < -0.39 is 42.9 Å². The average Bonchev–Trinajstić information content (AvgIpc) is 3.12. The molecule has 2 N–H and O–H groups in total. The van der Waals surface area contributed by atoms with E-state index >= 15 is 0 Å². The summed E-state index contributed by atoms with van der Waals surface area (Å²) in [5, 5.41) is 10.3. The van der Waals surface area contributed by atoms with Gasteiger partial charge in [0.05, 0.1) is 0 Å². The third-order valence-corrected chi connectivity index (χ3v) is 13.2. The van der Waals surface area contributed by atoms with Crippen LogP contribution >= 0.6 is 7.26 Å². The van der Waals surface area contributed by atoms with Crippen LogP contribution in [0.2, 0.25) is 0 Å². The van der Waals surface area contributed by atoms with E-state index in [1.807, 2.05) is 24.3 Å². The molecule has 0 fully saturated rings. The molecule has 8 heteroatoms. The van der Waals surface area contributed by atoms with Crippen LogP contribution in [-0.2, 0) is 25.7 Å². The molecular formula is C42H45N2O5P. The van der Waals surface area contributed by atoms with Crippen molar-refractivity contribution in [2.45, 2.75) is 58.9 Å². The number of carbonyl (C=O) groups excluding carboxylic acids is 3. The fourth-order valence-corrected chi connectivity index (χ4v) is 10.7. The van der Waals surface area contributed by atoms with Crippen LogP contribution in [0, 0.1) is 0 Å². The number of alkyl carbamates (subject to hydrolysis) is 1. The molecule has 0 aromatic heterocycles. The summed E-state index contributed by atoms with van der Waals surface area (Å²) in [6.45, 7) is 8.31. The maximum absolute atomic E-state index is 12.6. The number of hydrogen-bond acceptors (Lipinski definition) is 5. The zero-order chi connectivity index (χ0) is 35.7. The molecule has 5 aromatic rings. The Morgan fingerprint density at radius 3 is 1.44 bits per heavy atom. The van der Waals surface area contributed by atoms with Crippen LogP contribution in [0.1, 0.15) is 40.2 Å². The van der Waals surface area contributed by atoms with Gasteiger partial charge in [-0.2, -0.15) is 0 Å². The Morgan fingerprint density at radius 1 is 0.580 bits per heavy atom. The van der Waals surface area contributed by atoms with Gasteiger partial charge in [-0.3, -0.25) is 4.79 Å². The molecule has 258 valence electrons. The summed E-state index contributed by atoms with van der Waals surface area (Å²) >= 11 is 0. The van der Waals surface area contributed by atoms with Crippen molar-refractivity contribution in [1.29, 1.82) is 0 Å². The normalized spacial score (nSPS) is 13.0. The van der Waals surface area contributed by atoms with Gasteiger partial charge in [-0.25, -0.2) is 4.79 Å². The Labute approximate surface area is 295 Å². The first-order valence-corrected chi connectivity index (χ1v) is 18.8. The quantitative estimate of drug-likeness (QED) is 0.128. The molecule has 7 nitrogen and oxygen atoms in total. The maximum atomic E-state index is 12.6. The Kier molecular flexibility index (Phi) is 11.5. The Balaban J connectivity index is 1.27. The van der Waals surface area contributed by atoms with E-state index in [2.05, 4.69) is 126 Å². The van der Waals surface area contributed by atoms with E-state index in [4.69, 9.17) is 9.47 Å². The predicted octanol–water partition coefficient (Wildman–Crippen LogP) is 6.17. The van der Waals surface area contributed by atoms with Crippen molar-refractivity contribution in [3.05, 3.63) is 145 Å². The molecule has 0 saturated heterocycles. The number of rotatable bonds is 11. The molecule has 0 aliphatic rings. The van der Waals surface area contributed by atoms with Crippen LogP contribution in [0.4, 0.5) is 4.79 Å². The van der Waals surface area contributed by atoms with Gasteiger partial charge in [0.25, 0.3) is 0 Å². The molecule has 5 aromatic carbocycles. The van der Waals surface area contributed by atoms with Gasteiger partial charge in [-0.05, 0) is 34.6 Å². The number of carbonyl (C=O) groups is 3. The second-order valence-corrected chi connectivity index (χ2v) is 17.1. The van der Waals surface area contributed by atoms with E-state index in [0.29, 0.717) is 0 Å². The Hall–Kier alpha value is -5.26. The number of nitrogens with one attached hydrogen (secondary N) is 2. The number of ether oxygens (including phenoxy) is 2. The van der Waals surface area contributed by atoms with E-state index in [0.717, 1.165) is 16.7 Å². The van der Waals surface area contributed by atoms with Crippen molar-refractivity contribution in [3.8, 4) is 11.1 Å². The molecular weight excluding hydrogens is 643 g/mol. The second-order valence-electron chi connectivity index (χ2n) is 13.3. The molecule has 0 bridgehead atoms.